The first-order chi connectivity index (χ1) is 7.70. The molecule has 0 unspecified atom stereocenters. The van der Waals surface area contributed by atoms with E-state index in [1.165, 1.54) is 11.1 Å². The van der Waals surface area contributed by atoms with Crippen LogP contribution in [0.5, 0.6) is 0 Å². The molecule has 2 rings (SSSR count). The third kappa shape index (κ3) is 2.08. The average molecular weight is 215 g/mol. The van der Waals surface area contributed by atoms with Gasteiger partial charge in [0.25, 0.3) is 0 Å². The summed E-state index contributed by atoms with van der Waals surface area (Å²) in [5.41, 5.74) is 9.27. The molecular formula is C13H17N3. The zero-order chi connectivity index (χ0) is 11.5. The van der Waals surface area contributed by atoms with E-state index >= 15 is 0 Å². The van der Waals surface area contributed by atoms with Crippen molar-refractivity contribution < 1.29 is 0 Å². The van der Waals surface area contributed by atoms with E-state index < -0.39 is 0 Å². The predicted octanol–water partition coefficient (Wildman–Crippen LogP) is 2.85. The van der Waals surface area contributed by atoms with Gasteiger partial charge in [-0.3, -0.25) is 4.68 Å². The lowest BCUT2D eigenvalue weighted by atomic mass is 10.1. The summed E-state index contributed by atoms with van der Waals surface area (Å²) >= 11 is 0. The Morgan fingerprint density at radius 2 is 1.94 bits per heavy atom. The molecule has 3 heteroatoms. The molecule has 0 spiro atoms. The molecule has 3 nitrogen and oxygen atoms in total. The molecule has 0 aliphatic rings. The molecule has 2 aromatic rings. The monoisotopic (exact) mass is 215 g/mol. The van der Waals surface area contributed by atoms with Crippen LogP contribution in [-0.2, 0) is 6.54 Å². The molecule has 1 aromatic heterocycles. The van der Waals surface area contributed by atoms with Gasteiger partial charge in [0, 0.05) is 12.6 Å². The third-order valence-electron chi connectivity index (χ3n) is 2.58. The largest absolute Gasteiger partial charge is 0.382 e. The number of anilines is 1. The van der Waals surface area contributed by atoms with Crippen molar-refractivity contribution in [2.45, 2.75) is 26.8 Å². The first-order valence-corrected chi connectivity index (χ1v) is 5.61. The summed E-state index contributed by atoms with van der Waals surface area (Å²) in [6.45, 7) is 5.12. The molecule has 2 N–H and O–H groups in total. The molecule has 1 aromatic carbocycles. The molecule has 0 aliphatic carbocycles. The van der Waals surface area contributed by atoms with Crippen LogP contribution in [0.1, 0.15) is 18.9 Å². The number of hydrogen-bond acceptors (Lipinski definition) is 2. The van der Waals surface area contributed by atoms with E-state index in [4.69, 9.17) is 5.73 Å². The maximum atomic E-state index is 5.74. The molecule has 0 fully saturated rings. The lowest BCUT2D eigenvalue weighted by Gasteiger charge is -2.05. The van der Waals surface area contributed by atoms with Gasteiger partial charge in [-0.2, -0.15) is 5.10 Å². The van der Waals surface area contributed by atoms with E-state index in [1.807, 2.05) is 10.7 Å². The minimum Gasteiger partial charge on any atom is -0.382 e. The van der Waals surface area contributed by atoms with Crippen LogP contribution in [0.25, 0.3) is 11.3 Å². The van der Waals surface area contributed by atoms with Crippen molar-refractivity contribution in [2.24, 2.45) is 0 Å². The molecule has 0 amide bonds. The maximum Gasteiger partial charge on any atom is 0.146 e. The number of rotatable bonds is 3. The van der Waals surface area contributed by atoms with E-state index in [2.05, 4.69) is 43.2 Å². The fourth-order valence-corrected chi connectivity index (χ4v) is 1.78. The lowest BCUT2D eigenvalue weighted by Crippen LogP contribution is -2.01. The zero-order valence-corrected chi connectivity index (χ0v) is 9.77. The Morgan fingerprint density at radius 3 is 2.56 bits per heavy atom. The fourth-order valence-electron chi connectivity index (χ4n) is 1.78. The van der Waals surface area contributed by atoms with Crippen molar-refractivity contribution in [1.82, 2.24) is 9.78 Å². The molecule has 16 heavy (non-hydrogen) atoms. The normalized spacial score (nSPS) is 10.6. The minimum atomic E-state index is 0.587. The topological polar surface area (TPSA) is 43.8 Å². The molecule has 0 bridgehead atoms. The summed E-state index contributed by atoms with van der Waals surface area (Å²) in [7, 11) is 0. The van der Waals surface area contributed by atoms with Crippen LogP contribution >= 0.6 is 0 Å². The van der Waals surface area contributed by atoms with E-state index in [0.29, 0.717) is 5.82 Å². The van der Waals surface area contributed by atoms with Gasteiger partial charge in [0.1, 0.15) is 5.82 Å². The van der Waals surface area contributed by atoms with Crippen LogP contribution in [0.3, 0.4) is 0 Å². The first kappa shape index (κ1) is 10.7. The Morgan fingerprint density at radius 1 is 1.25 bits per heavy atom. The van der Waals surface area contributed by atoms with Gasteiger partial charge in [-0.15, -0.1) is 0 Å². The van der Waals surface area contributed by atoms with Crippen molar-refractivity contribution in [1.29, 1.82) is 0 Å². The molecular weight excluding hydrogens is 198 g/mol. The molecule has 84 valence electrons. The summed E-state index contributed by atoms with van der Waals surface area (Å²) in [5, 5.41) is 4.29. The highest BCUT2D eigenvalue weighted by Crippen LogP contribution is 2.22. The second kappa shape index (κ2) is 4.39. The van der Waals surface area contributed by atoms with Gasteiger partial charge in [0.2, 0.25) is 0 Å². The zero-order valence-electron chi connectivity index (χ0n) is 9.77. The van der Waals surface area contributed by atoms with Crippen molar-refractivity contribution in [2.75, 3.05) is 5.73 Å². The number of benzene rings is 1. The molecule has 0 aliphatic heterocycles. The van der Waals surface area contributed by atoms with Crippen LogP contribution < -0.4 is 5.73 Å². The SMILES string of the molecule is CCCn1nc(N)cc1-c1ccc(C)cc1. The van der Waals surface area contributed by atoms with Crippen LogP contribution in [0.4, 0.5) is 5.82 Å². The van der Waals surface area contributed by atoms with Gasteiger partial charge >= 0.3 is 0 Å². The molecule has 0 saturated heterocycles. The van der Waals surface area contributed by atoms with Crippen LogP contribution in [0, 0.1) is 6.92 Å². The quantitative estimate of drug-likeness (QED) is 0.855. The predicted molar refractivity (Wildman–Crippen MR) is 67.1 cm³/mol. The van der Waals surface area contributed by atoms with E-state index in [-0.39, 0.29) is 0 Å². The second-order valence-corrected chi connectivity index (χ2v) is 4.04. The van der Waals surface area contributed by atoms with Crippen molar-refractivity contribution in [3.63, 3.8) is 0 Å². The first-order valence-electron chi connectivity index (χ1n) is 5.61. The van der Waals surface area contributed by atoms with Crippen LogP contribution in [-0.4, -0.2) is 9.78 Å². The van der Waals surface area contributed by atoms with E-state index in [0.717, 1.165) is 18.7 Å². The number of aromatic nitrogens is 2. The van der Waals surface area contributed by atoms with Crippen LogP contribution in [0.2, 0.25) is 0 Å². The Kier molecular flexibility index (Phi) is 2.95. The standard InChI is InChI=1S/C13H17N3/c1-3-8-16-12(9-13(14)15-16)11-6-4-10(2)5-7-11/h4-7,9H,3,8H2,1-2H3,(H2,14,15). The van der Waals surface area contributed by atoms with Gasteiger partial charge in [0.15, 0.2) is 0 Å². The molecule has 1 heterocycles. The number of nitrogen functional groups attached to an aromatic ring is 1. The van der Waals surface area contributed by atoms with Crippen molar-refractivity contribution in [3.05, 3.63) is 35.9 Å². The number of nitrogens with two attached hydrogens (primary N) is 1. The molecule has 0 saturated carbocycles. The smallest absolute Gasteiger partial charge is 0.146 e. The molecule has 0 atom stereocenters. The molecule has 0 radical (unpaired) electrons. The third-order valence-corrected chi connectivity index (χ3v) is 2.58. The lowest BCUT2D eigenvalue weighted by molar-refractivity contribution is 0.611. The van der Waals surface area contributed by atoms with Gasteiger partial charge in [-0.1, -0.05) is 36.8 Å². The highest BCUT2D eigenvalue weighted by atomic mass is 15.3. The van der Waals surface area contributed by atoms with Crippen molar-refractivity contribution >= 4 is 5.82 Å². The number of hydrogen-bond donors (Lipinski definition) is 1. The van der Waals surface area contributed by atoms with Gasteiger partial charge in [-0.05, 0) is 18.9 Å². The van der Waals surface area contributed by atoms with E-state index in [9.17, 15) is 0 Å². The summed E-state index contributed by atoms with van der Waals surface area (Å²) in [5.74, 6) is 0.587. The van der Waals surface area contributed by atoms with Crippen LogP contribution in [0.15, 0.2) is 30.3 Å². The maximum absolute atomic E-state index is 5.74. The highest BCUT2D eigenvalue weighted by molar-refractivity contribution is 5.63. The summed E-state index contributed by atoms with van der Waals surface area (Å²) in [6.07, 6.45) is 1.06. The Hall–Kier alpha value is -1.77. The fraction of sp³-hybridized carbons (Fsp3) is 0.308. The van der Waals surface area contributed by atoms with Gasteiger partial charge < -0.3 is 5.73 Å². The summed E-state index contributed by atoms with van der Waals surface area (Å²) in [6, 6.07) is 10.4. The Labute approximate surface area is 95.9 Å². The summed E-state index contributed by atoms with van der Waals surface area (Å²) in [4.78, 5) is 0. The highest BCUT2D eigenvalue weighted by Gasteiger charge is 2.07. The van der Waals surface area contributed by atoms with Gasteiger partial charge in [-0.25, -0.2) is 0 Å². The Bertz CT molecular complexity index is 468. The number of aryl methyl sites for hydroxylation is 2. The summed E-state index contributed by atoms with van der Waals surface area (Å²) < 4.78 is 1.97. The average Bonchev–Trinajstić information content (AvgIpc) is 2.61. The second-order valence-electron chi connectivity index (χ2n) is 4.04. The van der Waals surface area contributed by atoms with Gasteiger partial charge in [0.05, 0.1) is 5.69 Å². The number of nitrogens with zero attached hydrogens (tertiary/aromatic N) is 2. The van der Waals surface area contributed by atoms with E-state index in [1.54, 1.807) is 0 Å². The van der Waals surface area contributed by atoms with Crippen molar-refractivity contribution in [3.8, 4) is 11.3 Å². The Balaban J connectivity index is 2.42. The minimum absolute atomic E-state index is 0.587.